The van der Waals surface area contributed by atoms with Gasteiger partial charge in [-0.15, -0.1) is 0 Å². The second-order valence-electron chi connectivity index (χ2n) is 6.99. The molecule has 1 atom stereocenters. The molecule has 144 valence electrons. The Kier molecular flexibility index (Phi) is 7.34. The molecule has 5 nitrogen and oxygen atoms in total. The molecule has 0 aliphatic carbocycles. The Labute approximate surface area is 169 Å². The predicted octanol–water partition coefficient (Wildman–Crippen LogP) is 4.06. The highest BCUT2D eigenvalue weighted by atomic mass is 35.5. The maximum Gasteiger partial charge on any atom is 0.233 e. The van der Waals surface area contributed by atoms with Gasteiger partial charge in [-0.2, -0.15) is 5.26 Å². The number of halogens is 1. The summed E-state index contributed by atoms with van der Waals surface area (Å²) in [4.78, 5) is 26.6. The van der Waals surface area contributed by atoms with Crippen LogP contribution in [0.5, 0.6) is 0 Å². The van der Waals surface area contributed by atoms with Gasteiger partial charge in [0.2, 0.25) is 11.8 Å². The standard InChI is InChI=1S/C20H24ClN3O2S/c1-12(2)24(13(3)4)19(26)11-27-20-17(10-22)16(9-18(25)23-20)14-5-7-15(21)8-6-14/h5-8,12-13,16H,9,11H2,1-4H3,(H,23,25)/t16-/m0/s1. The van der Waals surface area contributed by atoms with E-state index in [1.165, 1.54) is 11.8 Å². The van der Waals surface area contributed by atoms with E-state index in [1.807, 2.05) is 39.8 Å². The summed E-state index contributed by atoms with van der Waals surface area (Å²) in [6.45, 7) is 7.89. The van der Waals surface area contributed by atoms with Crippen LogP contribution in [0.1, 0.15) is 45.6 Å². The molecule has 2 rings (SSSR count). The van der Waals surface area contributed by atoms with Crippen molar-refractivity contribution in [3.63, 3.8) is 0 Å². The van der Waals surface area contributed by atoms with E-state index in [2.05, 4.69) is 11.4 Å². The summed E-state index contributed by atoms with van der Waals surface area (Å²) in [5.74, 6) is -0.333. The van der Waals surface area contributed by atoms with Gasteiger partial charge in [-0.1, -0.05) is 35.5 Å². The summed E-state index contributed by atoms with van der Waals surface area (Å²) in [6, 6.07) is 9.55. The molecule has 0 bridgehead atoms. The quantitative estimate of drug-likeness (QED) is 0.774. The van der Waals surface area contributed by atoms with E-state index < -0.39 is 0 Å². The minimum absolute atomic E-state index is 0.0161. The number of allylic oxidation sites excluding steroid dienone is 1. The summed E-state index contributed by atoms with van der Waals surface area (Å²) in [6.07, 6.45) is 0.201. The van der Waals surface area contributed by atoms with Crippen molar-refractivity contribution in [2.75, 3.05) is 5.75 Å². The van der Waals surface area contributed by atoms with Crippen LogP contribution in [0.4, 0.5) is 0 Å². The first kappa shape index (κ1) is 21.3. The first-order valence-electron chi connectivity index (χ1n) is 8.88. The average Bonchev–Trinajstić information content (AvgIpc) is 2.59. The number of nitrogens with zero attached hydrogens (tertiary/aromatic N) is 2. The molecule has 0 spiro atoms. The number of carbonyl (C=O) groups is 2. The molecule has 1 aliphatic rings. The highest BCUT2D eigenvalue weighted by Crippen LogP contribution is 2.36. The number of carbonyl (C=O) groups excluding carboxylic acids is 2. The lowest BCUT2D eigenvalue weighted by Gasteiger charge is -2.31. The average molecular weight is 406 g/mol. The number of hydrogen-bond donors (Lipinski definition) is 1. The lowest BCUT2D eigenvalue weighted by molar-refractivity contribution is -0.131. The van der Waals surface area contributed by atoms with E-state index in [-0.39, 0.29) is 42.0 Å². The van der Waals surface area contributed by atoms with Crippen molar-refractivity contribution in [1.82, 2.24) is 10.2 Å². The second-order valence-corrected chi connectivity index (χ2v) is 8.41. The van der Waals surface area contributed by atoms with Crippen LogP contribution in [0.3, 0.4) is 0 Å². The van der Waals surface area contributed by atoms with Crippen molar-refractivity contribution in [1.29, 1.82) is 5.26 Å². The fourth-order valence-corrected chi connectivity index (χ4v) is 4.37. The maximum absolute atomic E-state index is 12.6. The van der Waals surface area contributed by atoms with Crippen molar-refractivity contribution < 1.29 is 9.59 Å². The number of nitriles is 1. The number of benzene rings is 1. The Morgan fingerprint density at radius 2 is 1.89 bits per heavy atom. The molecule has 1 aromatic rings. The van der Waals surface area contributed by atoms with Gasteiger partial charge < -0.3 is 10.2 Å². The molecule has 1 N–H and O–H groups in total. The molecule has 7 heteroatoms. The first-order valence-corrected chi connectivity index (χ1v) is 10.2. The third kappa shape index (κ3) is 5.27. The zero-order chi connectivity index (χ0) is 20.1. The van der Waals surface area contributed by atoms with Gasteiger partial charge in [0.05, 0.1) is 22.4 Å². The summed E-state index contributed by atoms with van der Waals surface area (Å²) < 4.78 is 0. The van der Waals surface area contributed by atoms with Gasteiger partial charge >= 0.3 is 0 Å². The van der Waals surface area contributed by atoms with Crippen molar-refractivity contribution in [3.8, 4) is 6.07 Å². The molecule has 1 heterocycles. The fourth-order valence-electron chi connectivity index (χ4n) is 3.29. The van der Waals surface area contributed by atoms with Gasteiger partial charge in [0.1, 0.15) is 0 Å². The molecule has 2 amide bonds. The second kappa shape index (κ2) is 9.29. The zero-order valence-electron chi connectivity index (χ0n) is 16.0. The summed E-state index contributed by atoms with van der Waals surface area (Å²) in [5, 5.41) is 13.5. The van der Waals surface area contributed by atoms with Crippen molar-refractivity contribution in [2.24, 2.45) is 0 Å². The molecule has 1 aromatic carbocycles. The van der Waals surface area contributed by atoms with Gasteiger partial charge in [0, 0.05) is 29.4 Å². The van der Waals surface area contributed by atoms with Gasteiger partial charge in [-0.25, -0.2) is 0 Å². The first-order chi connectivity index (χ1) is 12.7. The topological polar surface area (TPSA) is 73.2 Å². The molecule has 1 aliphatic heterocycles. The van der Waals surface area contributed by atoms with Crippen LogP contribution in [0.2, 0.25) is 5.02 Å². The lowest BCUT2D eigenvalue weighted by atomic mass is 9.87. The number of amides is 2. The third-order valence-electron chi connectivity index (χ3n) is 4.37. The van der Waals surface area contributed by atoms with Gasteiger partial charge in [-0.05, 0) is 45.4 Å². The number of nitrogens with one attached hydrogen (secondary N) is 1. The predicted molar refractivity (Wildman–Crippen MR) is 109 cm³/mol. The number of hydrogen-bond acceptors (Lipinski definition) is 4. The van der Waals surface area contributed by atoms with Gasteiger partial charge in [0.25, 0.3) is 0 Å². The SMILES string of the molecule is CC(C)N(C(=O)CSC1=C(C#N)[C@H](c2ccc(Cl)cc2)CC(=O)N1)C(C)C. The summed E-state index contributed by atoms with van der Waals surface area (Å²) in [7, 11) is 0. The Bertz CT molecular complexity index is 773. The highest BCUT2D eigenvalue weighted by molar-refractivity contribution is 8.03. The molecule has 0 radical (unpaired) electrons. The molecular formula is C20H24ClN3O2S. The van der Waals surface area contributed by atoms with Crippen LogP contribution in [0.15, 0.2) is 34.9 Å². The Morgan fingerprint density at radius 1 is 1.30 bits per heavy atom. The highest BCUT2D eigenvalue weighted by Gasteiger charge is 2.30. The van der Waals surface area contributed by atoms with Crippen LogP contribution >= 0.6 is 23.4 Å². The Morgan fingerprint density at radius 3 is 2.41 bits per heavy atom. The van der Waals surface area contributed by atoms with Gasteiger partial charge in [0.15, 0.2) is 0 Å². The minimum atomic E-state index is -0.329. The number of rotatable bonds is 6. The van der Waals surface area contributed by atoms with Crippen LogP contribution in [0, 0.1) is 11.3 Å². The van der Waals surface area contributed by atoms with Crippen LogP contribution in [0.25, 0.3) is 0 Å². The molecule has 0 saturated carbocycles. The van der Waals surface area contributed by atoms with Crippen molar-refractivity contribution >= 4 is 35.2 Å². The summed E-state index contributed by atoms with van der Waals surface area (Å²) in [5.41, 5.74) is 1.34. The molecule has 0 fully saturated rings. The number of thioether (sulfide) groups is 1. The van der Waals surface area contributed by atoms with Crippen LogP contribution in [-0.4, -0.2) is 34.6 Å². The van der Waals surface area contributed by atoms with Crippen molar-refractivity contribution in [3.05, 3.63) is 45.5 Å². The Balaban J connectivity index is 2.24. The fraction of sp³-hybridized carbons (Fsp3) is 0.450. The molecular weight excluding hydrogens is 382 g/mol. The van der Waals surface area contributed by atoms with E-state index in [4.69, 9.17) is 11.6 Å². The smallest absolute Gasteiger partial charge is 0.233 e. The normalized spacial score (nSPS) is 17.1. The monoisotopic (exact) mass is 405 g/mol. The van der Waals surface area contributed by atoms with Crippen molar-refractivity contribution in [2.45, 2.75) is 52.1 Å². The summed E-state index contributed by atoms with van der Waals surface area (Å²) >= 11 is 7.16. The molecule has 27 heavy (non-hydrogen) atoms. The van der Waals surface area contributed by atoms with Crippen LogP contribution in [-0.2, 0) is 9.59 Å². The lowest BCUT2D eigenvalue weighted by Crippen LogP contribution is -2.43. The molecule has 0 aromatic heterocycles. The minimum Gasteiger partial charge on any atom is -0.337 e. The van der Waals surface area contributed by atoms with Gasteiger partial charge in [-0.3, -0.25) is 9.59 Å². The largest absolute Gasteiger partial charge is 0.337 e. The zero-order valence-corrected chi connectivity index (χ0v) is 17.5. The van der Waals surface area contributed by atoms with E-state index in [0.717, 1.165) is 5.56 Å². The third-order valence-corrected chi connectivity index (χ3v) is 5.62. The van der Waals surface area contributed by atoms with E-state index in [9.17, 15) is 14.9 Å². The van der Waals surface area contributed by atoms with E-state index in [1.54, 1.807) is 17.0 Å². The van der Waals surface area contributed by atoms with Crippen LogP contribution < -0.4 is 5.32 Å². The van der Waals surface area contributed by atoms with E-state index >= 15 is 0 Å². The van der Waals surface area contributed by atoms with E-state index in [0.29, 0.717) is 15.6 Å². The Hall–Kier alpha value is -1.97. The maximum atomic E-state index is 12.6. The molecule has 0 unspecified atom stereocenters. The molecule has 0 saturated heterocycles.